The Morgan fingerprint density at radius 2 is 2.36 bits per heavy atom. The minimum atomic E-state index is -0.336. The number of nitrogens with zero attached hydrogens (tertiary/aromatic N) is 2. The molecule has 1 aliphatic carbocycles. The van der Waals surface area contributed by atoms with Crippen LogP contribution >= 0.6 is 0 Å². The van der Waals surface area contributed by atoms with E-state index in [4.69, 9.17) is 5.26 Å². The molecule has 0 radical (unpaired) electrons. The van der Waals surface area contributed by atoms with Crippen LogP contribution in [0.1, 0.15) is 32.6 Å². The Morgan fingerprint density at radius 1 is 1.64 bits per heavy atom. The van der Waals surface area contributed by atoms with Crippen molar-refractivity contribution in [3.63, 3.8) is 0 Å². The molecule has 0 heterocycles. The van der Waals surface area contributed by atoms with Gasteiger partial charge in [-0.05, 0) is 11.5 Å². The van der Waals surface area contributed by atoms with E-state index in [2.05, 4.69) is 18.3 Å². The zero-order valence-corrected chi connectivity index (χ0v) is 7.30. The second-order valence-corrected chi connectivity index (χ2v) is 3.57. The molecular formula is C9H15N2-. The molecule has 2 atom stereocenters. The lowest BCUT2D eigenvalue weighted by Gasteiger charge is -2.43. The maximum Gasteiger partial charge on any atom is 0.0464 e. The molecule has 1 aliphatic rings. The molecule has 2 nitrogen and oxygen atoms in total. The quantitative estimate of drug-likeness (QED) is 0.567. The summed E-state index contributed by atoms with van der Waals surface area (Å²) in [4.78, 5) is 0. The topological polar surface area (TPSA) is 37.9 Å². The third-order valence-corrected chi connectivity index (χ3v) is 2.61. The van der Waals surface area contributed by atoms with Gasteiger partial charge in [0.25, 0.3) is 0 Å². The van der Waals surface area contributed by atoms with Gasteiger partial charge < -0.3 is 5.32 Å². The fourth-order valence-corrected chi connectivity index (χ4v) is 1.88. The average Bonchev–Trinajstić information content (AvgIpc) is 2.04. The first-order chi connectivity index (χ1) is 5.22. The maximum atomic E-state index is 8.92. The molecule has 0 aliphatic heterocycles. The van der Waals surface area contributed by atoms with Crippen LogP contribution in [-0.4, -0.2) is 12.6 Å². The van der Waals surface area contributed by atoms with Crippen LogP contribution in [0.4, 0.5) is 0 Å². The Morgan fingerprint density at radius 3 is 2.73 bits per heavy atom. The summed E-state index contributed by atoms with van der Waals surface area (Å²) in [5.41, 5.74) is -0.336. The largest absolute Gasteiger partial charge is 0.647 e. The van der Waals surface area contributed by atoms with Crippen LogP contribution in [-0.2, 0) is 0 Å². The van der Waals surface area contributed by atoms with E-state index in [0.717, 1.165) is 19.3 Å². The molecule has 11 heavy (non-hydrogen) atoms. The van der Waals surface area contributed by atoms with Gasteiger partial charge >= 0.3 is 0 Å². The molecule has 0 spiro atoms. The second kappa shape index (κ2) is 3.23. The number of nitriles is 1. The van der Waals surface area contributed by atoms with Crippen molar-refractivity contribution in [1.29, 1.82) is 5.26 Å². The lowest BCUT2D eigenvalue weighted by molar-refractivity contribution is 0.316. The maximum absolute atomic E-state index is 8.92. The van der Waals surface area contributed by atoms with Crippen LogP contribution < -0.4 is 0 Å². The van der Waals surface area contributed by atoms with Crippen molar-refractivity contribution >= 4 is 0 Å². The summed E-state index contributed by atoms with van der Waals surface area (Å²) < 4.78 is 0. The summed E-state index contributed by atoms with van der Waals surface area (Å²) in [5.74, 6) is 0.673. The molecular weight excluding hydrogens is 136 g/mol. The van der Waals surface area contributed by atoms with Gasteiger partial charge in [-0.25, -0.2) is 0 Å². The van der Waals surface area contributed by atoms with Gasteiger partial charge in [0.05, 0.1) is 0 Å². The van der Waals surface area contributed by atoms with Crippen molar-refractivity contribution in [2.45, 2.75) is 38.1 Å². The van der Waals surface area contributed by atoms with E-state index in [0.29, 0.717) is 5.92 Å². The summed E-state index contributed by atoms with van der Waals surface area (Å²) in [7, 11) is 1.77. The molecule has 2 heteroatoms. The van der Waals surface area contributed by atoms with Crippen LogP contribution in [0.3, 0.4) is 0 Å². The van der Waals surface area contributed by atoms with Gasteiger partial charge in [0, 0.05) is 6.07 Å². The summed E-state index contributed by atoms with van der Waals surface area (Å²) in [5, 5.41) is 13.1. The van der Waals surface area contributed by atoms with E-state index < -0.39 is 0 Å². The van der Waals surface area contributed by atoms with Gasteiger partial charge in [0.15, 0.2) is 0 Å². The van der Waals surface area contributed by atoms with Gasteiger partial charge in [0.1, 0.15) is 0 Å². The first-order valence-electron chi connectivity index (χ1n) is 4.25. The minimum Gasteiger partial charge on any atom is -0.647 e. The van der Waals surface area contributed by atoms with Crippen LogP contribution in [0.15, 0.2) is 0 Å². The van der Waals surface area contributed by atoms with E-state index >= 15 is 0 Å². The Balaban J connectivity index is 2.62. The third kappa shape index (κ3) is 1.72. The Bertz CT molecular complexity index is 171. The van der Waals surface area contributed by atoms with Crippen molar-refractivity contribution in [1.82, 2.24) is 0 Å². The second-order valence-electron chi connectivity index (χ2n) is 3.57. The fourth-order valence-electron chi connectivity index (χ4n) is 1.88. The van der Waals surface area contributed by atoms with E-state index in [9.17, 15) is 0 Å². The SMILES string of the molecule is C[N-]C1(C#N)CCCC(C)C1. The molecule has 1 rings (SSSR count). The van der Waals surface area contributed by atoms with Crippen LogP contribution in [0.25, 0.3) is 5.32 Å². The smallest absolute Gasteiger partial charge is 0.0464 e. The van der Waals surface area contributed by atoms with E-state index in [1.54, 1.807) is 7.05 Å². The zero-order valence-electron chi connectivity index (χ0n) is 7.30. The monoisotopic (exact) mass is 151 g/mol. The molecule has 0 aromatic rings. The zero-order chi connectivity index (χ0) is 8.32. The summed E-state index contributed by atoms with van der Waals surface area (Å²) in [6.07, 6.45) is 4.34. The van der Waals surface area contributed by atoms with Gasteiger partial charge in [-0.1, -0.05) is 32.6 Å². The highest BCUT2D eigenvalue weighted by molar-refractivity contribution is 5.20. The molecule has 62 valence electrons. The summed E-state index contributed by atoms with van der Waals surface area (Å²) >= 11 is 0. The molecule has 0 aromatic carbocycles. The average molecular weight is 151 g/mol. The standard InChI is InChI=1S/C9H15N2/c1-8-4-3-5-9(6-8,7-10)11-2/h8H,3-6H2,1-2H3/q-1. The van der Waals surface area contributed by atoms with E-state index in [1.807, 2.05) is 0 Å². The molecule has 0 amide bonds. The fraction of sp³-hybridized carbons (Fsp3) is 0.889. The Kier molecular flexibility index (Phi) is 2.51. The normalized spacial score (nSPS) is 38.1. The highest BCUT2D eigenvalue weighted by Gasteiger charge is 2.25. The van der Waals surface area contributed by atoms with Gasteiger partial charge in [-0.15, -0.1) is 0 Å². The van der Waals surface area contributed by atoms with E-state index in [-0.39, 0.29) is 5.54 Å². The van der Waals surface area contributed by atoms with Gasteiger partial charge in [0.2, 0.25) is 0 Å². The molecule has 0 saturated heterocycles. The summed E-state index contributed by atoms with van der Waals surface area (Å²) in [6.45, 7) is 2.20. The van der Waals surface area contributed by atoms with Gasteiger partial charge in [-0.2, -0.15) is 12.3 Å². The number of hydrogen-bond donors (Lipinski definition) is 0. The molecule has 0 aromatic heterocycles. The lowest BCUT2D eigenvalue weighted by Crippen LogP contribution is -2.31. The lowest BCUT2D eigenvalue weighted by atomic mass is 9.77. The minimum absolute atomic E-state index is 0.336. The predicted octanol–water partition coefficient (Wildman–Crippen LogP) is 2.46. The van der Waals surface area contributed by atoms with Crippen LogP contribution in [0.2, 0.25) is 0 Å². The highest BCUT2D eigenvalue weighted by Crippen LogP contribution is 2.36. The van der Waals surface area contributed by atoms with Crippen molar-refractivity contribution in [2.24, 2.45) is 5.92 Å². The highest BCUT2D eigenvalue weighted by atomic mass is 14.9. The molecule has 0 bridgehead atoms. The van der Waals surface area contributed by atoms with Crippen molar-refractivity contribution < 1.29 is 0 Å². The van der Waals surface area contributed by atoms with Crippen molar-refractivity contribution in [3.8, 4) is 6.07 Å². The van der Waals surface area contributed by atoms with Crippen LogP contribution in [0, 0.1) is 17.2 Å². The van der Waals surface area contributed by atoms with Crippen LogP contribution in [0.5, 0.6) is 0 Å². The molecule has 1 fully saturated rings. The number of rotatable bonds is 1. The Hall–Kier alpha value is -0.550. The summed E-state index contributed by atoms with van der Waals surface area (Å²) in [6, 6.07) is 2.33. The third-order valence-electron chi connectivity index (χ3n) is 2.61. The van der Waals surface area contributed by atoms with Gasteiger partial charge in [-0.3, -0.25) is 0 Å². The number of hydrogen-bond acceptors (Lipinski definition) is 1. The van der Waals surface area contributed by atoms with Crippen molar-refractivity contribution in [3.05, 3.63) is 5.32 Å². The predicted molar refractivity (Wildman–Crippen MR) is 45.3 cm³/mol. The van der Waals surface area contributed by atoms with E-state index in [1.165, 1.54) is 6.42 Å². The first kappa shape index (κ1) is 8.55. The molecule has 2 unspecified atom stereocenters. The molecule has 0 N–H and O–H groups in total. The first-order valence-corrected chi connectivity index (χ1v) is 4.25. The Labute approximate surface area is 68.6 Å². The molecule has 1 saturated carbocycles. The van der Waals surface area contributed by atoms with Crippen molar-refractivity contribution in [2.75, 3.05) is 7.05 Å².